The number of rotatable bonds is 4. The first kappa shape index (κ1) is 13.1. The first-order chi connectivity index (χ1) is 8.69. The van der Waals surface area contributed by atoms with E-state index in [1.807, 2.05) is 13.1 Å². The maximum Gasteiger partial charge on any atom is 0.238 e. The Balaban J connectivity index is 2.15. The molecule has 0 bridgehead atoms. The smallest absolute Gasteiger partial charge is 0.238 e. The molecule has 2 aromatic rings. The largest absolute Gasteiger partial charge is 0.436 e. The molecule has 2 rings (SSSR count). The van der Waals surface area contributed by atoms with E-state index in [-0.39, 0.29) is 0 Å². The van der Waals surface area contributed by atoms with E-state index < -0.39 is 0 Å². The lowest BCUT2D eigenvalue weighted by molar-refractivity contribution is 0.453. The molecule has 0 saturated heterocycles. The third-order valence-corrected chi connectivity index (χ3v) is 2.71. The molecule has 0 unspecified atom stereocenters. The van der Waals surface area contributed by atoms with Crippen molar-refractivity contribution in [2.24, 2.45) is 0 Å². The van der Waals surface area contributed by atoms with Gasteiger partial charge in [-0.05, 0) is 25.2 Å². The van der Waals surface area contributed by atoms with Gasteiger partial charge in [0.25, 0.3) is 0 Å². The fraction of sp³-hybridized carbons (Fsp3) is 0.167. The number of halogens is 2. The molecule has 0 radical (unpaired) electrons. The summed E-state index contributed by atoms with van der Waals surface area (Å²) in [7, 11) is 1.85. The number of hydrogen-bond donors (Lipinski definition) is 1. The minimum absolute atomic E-state index is 0.374. The Morgan fingerprint density at radius 3 is 2.67 bits per heavy atom. The second-order valence-corrected chi connectivity index (χ2v) is 4.41. The molecule has 1 heterocycles. The van der Waals surface area contributed by atoms with Crippen molar-refractivity contribution >= 4 is 23.2 Å². The highest BCUT2D eigenvalue weighted by atomic mass is 35.5. The average molecular weight is 284 g/mol. The fourth-order valence-corrected chi connectivity index (χ4v) is 1.66. The van der Waals surface area contributed by atoms with Gasteiger partial charge in [0.2, 0.25) is 5.88 Å². The van der Waals surface area contributed by atoms with Crippen LogP contribution in [0.3, 0.4) is 0 Å². The van der Waals surface area contributed by atoms with E-state index in [1.165, 1.54) is 0 Å². The van der Waals surface area contributed by atoms with Crippen LogP contribution in [0.4, 0.5) is 0 Å². The zero-order chi connectivity index (χ0) is 13.0. The van der Waals surface area contributed by atoms with Gasteiger partial charge >= 0.3 is 0 Å². The van der Waals surface area contributed by atoms with E-state index in [0.29, 0.717) is 28.2 Å². The molecule has 1 aromatic carbocycles. The van der Waals surface area contributed by atoms with E-state index in [4.69, 9.17) is 27.9 Å². The Labute approximate surface area is 115 Å². The summed E-state index contributed by atoms with van der Waals surface area (Å²) >= 11 is 11.9. The lowest BCUT2D eigenvalue weighted by Crippen LogP contribution is -2.07. The van der Waals surface area contributed by atoms with Gasteiger partial charge in [-0.2, -0.15) is 5.10 Å². The van der Waals surface area contributed by atoms with E-state index in [0.717, 1.165) is 5.69 Å². The van der Waals surface area contributed by atoms with Crippen LogP contribution in [0.1, 0.15) is 5.69 Å². The lowest BCUT2D eigenvalue weighted by atomic mass is 10.3. The van der Waals surface area contributed by atoms with Crippen LogP contribution in [-0.2, 0) is 6.54 Å². The molecule has 4 nitrogen and oxygen atoms in total. The van der Waals surface area contributed by atoms with Crippen molar-refractivity contribution in [1.82, 2.24) is 15.5 Å². The minimum Gasteiger partial charge on any atom is -0.436 e. The molecule has 0 saturated carbocycles. The first-order valence-corrected chi connectivity index (χ1v) is 6.05. The van der Waals surface area contributed by atoms with E-state index in [2.05, 4.69) is 15.5 Å². The summed E-state index contributed by atoms with van der Waals surface area (Å²) in [6.07, 6.45) is 0. The molecule has 1 aromatic heterocycles. The maximum absolute atomic E-state index is 5.99. The van der Waals surface area contributed by atoms with Crippen LogP contribution >= 0.6 is 23.2 Å². The standard InChI is InChI=1S/C12H11Cl2N3O/c1-15-7-9-3-5-12(17-16-9)18-11-6-8(13)2-4-10(11)14/h2-6,15H,7H2,1H3. The van der Waals surface area contributed by atoms with Crippen molar-refractivity contribution in [3.05, 3.63) is 46.1 Å². The highest BCUT2D eigenvalue weighted by molar-refractivity contribution is 6.34. The summed E-state index contributed by atoms with van der Waals surface area (Å²) in [6.45, 7) is 0.658. The molecule has 0 aliphatic heterocycles. The van der Waals surface area contributed by atoms with Crippen molar-refractivity contribution < 1.29 is 4.74 Å². The van der Waals surface area contributed by atoms with Crippen LogP contribution in [-0.4, -0.2) is 17.2 Å². The number of nitrogens with one attached hydrogen (secondary N) is 1. The van der Waals surface area contributed by atoms with Crippen LogP contribution in [0, 0.1) is 0 Å². The van der Waals surface area contributed by atoms with Gasteiger partial charge in [-0.3, -0.25) is 0 Å². The molecule has 1 N–H and O–H groups in total. The van der Waals surface area contributed by atoms with Crippen molar-refractivity contribution in [1.29, 1.82) is 0 Å². The van der Waals surface area contributed by atoms with Crippen LogP contribution in [0.15, 0.2) is 30.3 Å². The number of benzene rings is 1. The van der Waals surface area contributed by atoms with Crippen LogP contribution in [0.25, 0.3) is 0 Å². The summed E-state index contributed by atoms with van der Waals surface area (Å²) in [5, 5.41) is 12.0. The molecule has 0 aliphatic carbocycles. The topological polar surface area (TPSA) is 47.0 Å². The second kappa shape index (κ2) is 6.00. The van der Waals surface area contributed by atoms with Gasteiger partial charge < -0.3 is 10.1 Å². The molecule has 18 heavy (non-hydrogen) atoms. The Kier molecular flexibility index (Phi) is 4.36. The van der Waals surface area contributed by atoms with Crippen molar-refractivity contribution in [2.75, 3.05) is 7.05 Å². The fourth-order valence-electron chi connectivity index (χ4n) is 1.35. The summed E-state index contributed by atoms with van der Waals surface area (Å²) in [5.41, 5.74) is 0.835. The third kappa shape index (κ3) is 3.32. The summed E-state index contributed by atoms with van der Waals surface area (Å²) in [6, 6.07) is 8.56. The number of nitrogens with zero attached hydrogens (tertiary/aromatic N) is 2. The van der Waals surface area contributed by atoms with Gasteiger partial charge in [0.1, 0.15) is 5.75 Å². The average Bonchev–Trinajstić information content (AvgIpc) is 2.37. The predicted octanol–water partition coefficient (Wildman–Crippen LogP) is 3.30. The molecule has 6 heteroatoms. The van der Waals surface area contributed by atoms with Gasteiger partial charge in [-0.1, -0.05) is 23.2 Å². The van der Waals surface area contributed by atoms with E-state index in [1.54, 1.807) is 24.3 Å². The zero-order valence-corrected chi connectivity index (χ0v) is 11.2. The molecule has 0 aliphatic rings. The summed E-state index contributed by atoms with van der Waals surface area (Å²) in [4.78, 5) is 0. The molecule has 0 spiro atoms. The molecule has 0 amide bonds. The SMILES string of the molecule is CNCc1ccc(Oc2cc(Cl)ccc2Cl)nn1. The third-order valence-electron chi connectivity index (χ3n) is 2.16. The Bertz CT molecular complexity index is 531. The highest BCUT2D eigenvalue weighted by Crippen LogP contribution is 2.30. The van der Waals surface area contributed by atoms with Crippen molar-refractivity contribution in [3.8, 4) is 11.6 Å². The van der Waals surface area contributed by atoms with Crippen LogP contribution in [0.5, 0.6) is 11.6 Å². The van der Waals surface area contributed by atoms with E-state index >= 15 is 0 Å². The Morgan fingerprint density at radius 1 is 1.17 bits per heavy atom. The van der Waals surface area contributed by atoms with Crippen molar-refractivity contribution in [3.63, 3.8) is 0 Å². The highest BCUT2D eigenvalue weighted by Gasteiger charge is 2.05. The minimum atomic E-state index is 0.374. The van der Waals surface area contributed by atoms with Crippen molar-refractivity contribution in [2.45, 2.75) is 6.54 Å². The molecule has 0 atom stereocenters. The van der Waals surface area contributed by atoms with Gasteiger partial charge in [0.15, 0.2) is 0 Å². The van der Waals surface area contributed by atoms with Gasteiger partial charge in [-0.15, -0.1) is 5.10 Å². The quantitative estimate of drug-likeness (QED) is 0.935. The zero-order valence-electron chi connectivity index (χ0n) is 9.65. The monoisotopic (exact) mass is 283 g/mol. The number of hydrogen-bond acceptors (Lipinski definition) is 4. The molecule has 0 fully saturated rings. The Hall–Kier alpha value is -1.36. The molecule has 94 valence electrons. The normalized spacial score (nSPS) is 10.4. The maximum atomic E-state index is 5.99. The second-order valence-electron chi connectivity index (χ2n) is 3.57. The van der Waals surface area contributed by atoms with Crippen LogP contribution < -0.4 is 10.1 Å². The lowest BCUT2D eigenvalue weighted by Gasteiger charge is -2.06. The number of aromatic nitrogens is 2. The first-order valence-electron chi connectivity index (χ1n) is 5.29. The summed E-state index contributed by atoms with van der Waals surface area (Å²) < 4.78 is 5.51. The summed E-state index contributed by atoms with van der Waals surface area (Å²) in [5.74, 6) is 0.832. The van der Waals surface area contributed by atoms with Gasteiger partial charge in [0.05, 0.1) is 10.7 Å². The van der Waals surface area contributed by atoms with Crippen LogP contribution in [0.2, 0.25) is 10.0 Å². The molecular weight excluding hydrogens is 273 g/mol. The van der Waals surface area contributed by atoms with E-state index in [9.17, 15) is 0 Å². The van der Waals surface area contributed by atoms with Gasteiger partial charge in [0, 0.05) is 23.7 Å². The number of ether oxygens (including phenoxy) is 1. The Morgan fingerprint density at radius 2 is 2.00 bits per heavy atom. The predicted molar refractivity (Wildman–Crippen MR) is 71.3 cm³/mol. The van der Waals surface area contributed by atoms with Gasteiger partial charge in [-0.25, -0.2) is 0 Å². The molecular formula is C12H11Cl2N3O.